The Morgan fingerprint density at radius 2 is 2.42 bits per heavy atom. The van der Waals surface area contributed by atoms with E-state index in [4.69, 9.17) is 5.26 Å². The number of carbonyl (C=O) groups excluding carboxylic acids is 1. The van der Waals surface area contributed by atoms with Gasteiger partial charge in [0.25, 0.3) is 0 Å². The van der Waals surface area contributed by atoms with Gasteiger partial charge in [-0.25, -0.2) is 4.98 Å². The van der Waals surface area contributed by atoms with Gasteiger partial charge in [-0.2, -0.15) is 5.26 Å². The summed E-state index contributed by atoms with van der Waals surface area (Å²) in [4.78, 5) is 16.0. The molecule has 0 atom stereocenters. The molecule has 0 radical (unpaired) electrons. The SMILES string of the molecule is CNCc1cn(CC(=O)NCC#N)c2ncccc12. The summed E-state index contributed by atoms with van der Waals surface area (Å²) in [5.41, 5.74) is 1.87. The summed E-state index contributed by atoms with van der Waals surface area (Å²) < 4.78 is 1.80. The lowest BCUT2D eigenvalue weighted by atomic mass is 10.2. The van der Waals surface area contributed by atoms with Gasteiger partial charge < -0.3 is 15.2 Å². The summed E-state index contributed by atoms with van der Waals surface area (Å²) in [5.74, 6) is -0.194. The summed E-state index contributed by atoms with van der Waals surface area (Å²) in [6, 6.07) is 5.74. The molecule has 2 aromatic heterocycles. The molecule has 0 saturated heterocycles. The van der Waals surface area contributed by atoms with E-state index in [0.717, 1.165) is 23.1 Å². The van der Waals surface area contributed by atoms with Crippen molar-refractivity contribution in [3.8, 4) is 6.07 Å². The van der Waals surface area contributed by atoms with Crippen LogP contribution in [0.15, 0.2) is 24.5 Å². The quantitative estimate of drug-likeness (QED) is 0.759. The smallest absolute Gasteiger partial charge is 0.240 e. The van der Waals surface area contributed by atoms with E-state index in [2.05, 4.69) is 15.6 Å². The summed E-state index contributed by atoms with van der Waals surface area (Å²) in [6.45, 7) is 0.906. The molecule has 0 bridgehead atoms. The maximum Gasteiger partial charge on any atom is 0.240 e. The van der Waals surface area contributed by atoms with Crippen LogP contribution in [0.25, 0.3) is 11.0 Å². The molecule has 0 aromatic carbocycles. The monoisotopic (exact) mass is 257 g/mol. The molecule has 98 valence electrons. The number of amides is 1. The number of rotatable bonds is 5. The zero-order valence-corrected chi connectivity index (χ0v) is 10.7. The minimum Gasteiger partial charge on any atom is -0.341 e. The lowest BCUT2D eigenvalue weighted by Crippen LogP contribution is -2.27. The molecule has 1 amide bonds. The number of nitrogens with zero attached hydrogens (tertiary/aromatic N) is 3. The van der Waals surface area contributed by atoms with Crippen LogP contribution in [0, 0.1) is 11.3 Å². The van der Waals surface area contributed by atoms with E-state index in [1.54, 1.807) is 10.8 Å². The highest BCUT2D eigenvalue weighted by atomic mass is 16.1. The second kappa shape index (κ2) is 5.98. The van der Waals surface area contributed by atoms with Gasteiger partial charge in [0.05, 0.1) is 6.07 Å². The Labute approximate surface area is 111 Å². The Kier molecular flexibility index (Phi) is 4.11. The largest absolute Gasteiger partial charge is 0.341 e. The fraction of sp³-hybridized carbons (Fsp3) is 0.308. The number of nitriles is 1. The second-order valence-corrected chi connectivity index (χ2v) is 4.12. The van der Waals surface area contributed by atoms with Gasteiger partial charge in [0, 0.05) is 24.3 Å². The van der Waals surface area contributed by atoms with E-state index < -0.39 is 0 Å². The zero-order chi connectivity index (χ0) is 13.7. The molecule has 6 nitrogen and oxygen atoms in total. The van der Waals surface area contributed by atoms with Gasteiger partial charge >= 0.3 is 0 Å². The third kappa shape index (κ3) is 2.89. The zero-order valence-electron chi connectivity index (χ0n) is 10.7. The molecule has 0 aliphatic rings. The summed E-state index contributed by atoms with van der Waals surface area (Å²) >= 11 is 0. The maximum atomic E-state index is 11.7. The van der Waals surface area contributed by atoms with Crippen molar-refractivity contribution < 1.29 is 4.79 Å². The first kappa shape index (κ1) is 13.1. The molecule has 0 fully saturated rings. The standard InChI is InChI=1S/C13H15N5O/c1-15-7-10-8-18(9-12(19)16-6-4-14)13-11(10)3-2-5-17-13/h2-3,5,8,15H,6-7,9H2,1H3,(H,16,19). The fourth-order valence-corrected chi connectivity index (χ4v) is 2.00. The maximum absolute atomic E-state index is 11.7. The van der Waals surface area contributed by atoms with Crippen molar-refractivity contribution in [1.82, 2.24) is 20.2 Å². The molecule has 2 heterocycles. The lowest BCUT2D eigenvalue weighted by molar-refractivity contribution is -0.121. The average Bonchev–Trinajstić information content (AvgIpc) is 2.76. The predicted molar refractivity (Wildman–Crippen MR) is 71.1 cm³/mol. The van der Waals surface area contributed by atoms with Crippen LogP contribution in [0.5, 0.6) is 0 Å². The van der Waals surface area contributed by atoms with E-state index in [0.29, 0.717) is 0 Å². The highest BCUT2D eigenvalue weighted by Crippen LogP contribution is 2.18. The van der Waals surface area contributed by atoms with Crippen LogP contribution in [0.2, 0.25) is 0 Å². The van der Waals surface area contributed by atoms with E-state index in [-0.39, 0.29) is 19.0 Å². The number of fused-ring (bicyclic) bond motifs is 1. The lowest BCUT2D eigenvalue weighted by Gasteiger charge is -2.03. The van der Waals surface area contributed by atoms with Crippen LogP contribution in [0.3, 0.4) is 0 Å². The molecule has 19 heavy (non-hydrogen) atoms. The van der Waals surface area contributed by atoms with Crippen LogP contribution < -0.4 is 10.6 Å². The second-order valence-electron chi connectivity index (χ2n) is 4.12. The first-order valence-corrected chi connectivity index (χ1v) is 5.97. The van der Waals surface area contributed by atoms with Crippen molar-refractivity contribution in [3.63, 3.8) is 0 Å². The molecule has 2 rings (SSSR count). The summed E-state index contributed by atoms with van der Waals surface area (Å²) in [7, 11) is 1.87. The average molecular weight is 257 g/mol. The Balaban J connectivity index is 2.28. The predicted octanol–water partition coefficient (Wildman–Crippen LogP) is 0.395. The molecule has 0 aliphatic carbocycles. The molecule has 2 aromatic rings. The van der Waals surface area contributed by atoms with Crippen LogP contribution >= 0.6 is 0 Å². The minimum atomic E-state index is -0.194. The van der Waals surface area contributed by atoms with E-state index in [9.17, 15) is 4.79 Å². The van der Waals surface area contributed by atoms with Gasteiger partial charge in [-0.1, -0.05) is 0 Å². The highest BCUT2D eigenvalue weighted by molar-refractivity contribution is 5.83. The number of carbonyl (C=O) groups is 1. The number of pyridine rings is 1. The van der Waals surface area contributed by atoms with Crippen molar-refractivity contribution in [2.24, 2.45) is 0 Å². The molecule has 6 heteroatoms. The van der Waals surface area contributed by atoms with Crippen molar-refractivity contribution in [1.29, 1.82) is 5.26 Å². The molecule has 2 N–H and O–H groups in total. The highest BCUT2D eigenvalue weighted by Gasteiger charge is 2.11. The Morgan fingerprint density at radius 1 is 1.58 bits per heavy atom. The van der Waals surface area contributed by atoms with Gasteiger partial charge in [0.2, 0.25) is 5.91 Å². The molecule has 0 spiro atoms. The minimum absolute atomic E-state index is 0.0227. The van der Waals surface area contributed by atoms with Crippen molar-refractivity contribution in [2.75, 3.05) is 13.6 Å². The van der Waals surface area contributed by atoms with Crippen LogP contribution in [0.1, 0.15) is 5.56 Å². The summed E-state index contributed by atoms with van der Waals surface area (Å²) in [5, 5.41) is 15.1. The van der Waals surface area contributed by atoms with Gasteiger partial charge in [0.1, 0.15) is 18.7 Å². The van der Waals surface area contributed by atoms with Crippen molar-refractivity contribution in [3.05, 3.63) is 30.1 Å². The Morgan fingerprint density at radius 3 is 3.16 bits per heavy atom. The van der Waals surface area contributed by atoms with E-state index >= 15 is 0 Å². The number of nitrogens with one attached hydrogen (secondary N) is 2. The van der Waals surface area contributed by atoms with Gasteiger partial charge in [-0.05, 0) is 24.7 Å². The molecular weight excluding hydrogens is 242 g/mol. The Hall–Kier alpha value is -2.39. The third-order valence-corrected chi connectivity index (χ3v) is 2.76. The fourth-order valence-electron chi connectivity index (χ4n) is 2.00. The van der Waals surface area contributed by atoms with Crippen LogP contribution in [0.4, 0.5) is 0 Å². The van der Waals surface area contributed by atoms with Crippen molar-refractivity contribution in [2.45, 2.75) is 13.1 Å². The Bertz CT molecular complexity index is 625. The first-order valence-electron chi connectivity index (χ1n) is 5.97. The first-order chi connectivity index (χ1) is 9.26. The van der Waals surface area contributed by atoms with E-state index in [1.165, 1.54) is 0 Å². The van der Waals surface area contributed by atoms with Crippen LogP contribution in [-0.4, -0.2) is 29.1 Å². The van der Waals surface area contributed by atoms with Crippen molar-refractivity contribution >= 4 is 16.9 Å². The molecule has 0 saturated carbocycles. The number of hydrogen-bond acceptors (Lipinski definition) is 4. The summed E-state index contributed by atoms with van der Waals surface area (Å²) in [6.07, 6.45) is 3.62. The van der Waals surface area contributed by atoms with Gasteiger partial charge in [-0.15, -0.1) is 0 Å². The van der Waals surface area contributed by atoms with Gasteiger partial charge in [0.15, 0.2) is 0 Å². The van der Waals surface area contributed by atoms with Crippen LogP contribution in [-0.2, 0) is 17.9 Å². The van der Waals surface area contributed by atoms with E-state index in [1.807, 2.05) is 31.4 Å². The third-order valence-electron chi connectivity index (χ3n) is 2.76. The van der Waals surface area contributed by atoms with Gasteiger partial charge in [-0.3, -0.25) is 4.79 Å². The number of hydrogen-bond donors (Lipinski definition) is 2. The molecular formula is C13H15N5O. The number of aromatic nitrogens is 2. The molecule has 0 aliphatic heterocycles. The molecule has 0 unspecified atom stereocenters. The normalized spacial score (nSPS) is 10.3. The topological polar surface area (TPSA) is 82.7 Å².